The molecule has 1 aliphatic heterocycles. The van der Waals surface area contributed by atoms with Gasteiger partial charge in [-0.15, -0.1) is 0 Å². The van der Waals surface area contributed by atoms with Crippen molar-refractivity contribution in [2.75, 3.05) is 18.0 Å². The minimum absolute atomic E-state index is 0.326. The van der Waals surface area contributed by atoms with E-state index in [-0.39, 0.29) is 0 Å². The molecule has 0 atom stereocenters. The van der Waals surface area contributed by atoms with Crippen molar-refractivity contribution in [3.05, 3.63) is 29.3 Å². The Morgan fingerprint density at radius 3 is 2.94 bits per heavy atom. The van der Waals surface area contributed by atoms with E-state index >= 15 is 0 Å². The molecular formula is C15H19NO. The summed E-state index contributed by atoms with van der Waals surface area (Å²) < 4.78 is 0. The number of aryl methyl sites for hydroxylation is 1. The van der Waals surface area contributed by atoms with Crippen LogP contribution in [0.3, 0.4) is 0 Å². The Kier molecular flexibility index (Phi) is 2.65. The van der Waals surface area contributed by atoms with Crippen molar-refractivity contribution < 1.29 is 4.79 Å². The lowest BCUT2D eigenvalue weighted by atomic mass is 9.97. The molecule has 1 fully saturated rings. The SMILES string of the molecule is CCN1CCCc2ccc(C(=O)C3CC3)cc21. The largest absolute Gasteiger partial charge is 0.372 e. The highest BCUT2D eigenvalue weighted by Gasteiger charge is 2.31. The van der Waals surface area contributed by atoms with E-state index in [0.29, 0.717) is 11.7 Å². The molecule has 0 unspecified atom stereocenters. The van der Waals surface area contributed by atoms with Crippen LogP contribution in [0.4, 0.5) is 5.69 Å². The van der Waals surface area contributed by atoms with Crippen LogP contribution in [0.15, 0.2) is 18.2 Å². The van der Waals surface area contributed by atoms with Gasteiger partial charge in [-0.25, -0.2) is 0 Å². The van der Waals surface area contributed by atoms with E-state index in [1.807, 2.05) is 6.07 Å². The number of hydrogen-bond acceptors (Lipinski definition) is 2. The number of fused-ring (bicyclic) bond motifs is 1. The molecule has 0 spiro atoms. The number of Topliss-reactive ketones (excluding diaryl/α,β-unsaturated/α-hetero) is 1. The van der Waals surface area contributed by atoms with Gasteiger partial charge in [0.25, 0.3) is 0 Å². The van der Waals surface area contributed by atoms with Crippen molar-refractivity contribution in [3.63, 3.8) is 0 Å². The standard InChI is InChI=1S/C15H19NO/c1-2-16-9-3-4-11-5-8-13(10-14(11)16)15(17)12-6-7-12/h5,8,10,12H,2-4,6-7,9H2,1H3. The fraction of sp³-hybridized carbons (Fsp3) is 0.533. The molecule has 0 N–H and O–H groups in total. The zero-order valence-corrected chi connectivity index (χ0v) is 10.4. The van der Waals surface area contributed by atoms with Crippen molar-refractivity contribution in [2.24, 2.45) is 5.92 Å². The third-order valence-electron chi connectivity index (χ3n) is 3.91. The molecule has 3 rings (SSSR count). The lowest BCUT2D eigenvalue weighted by Crippen LogP contribution is -2.29. The molecule has 0 radical (unpaired) electrons. The van der Waals surface area contributed by atoms with Crippen LogP contribution in [0.2, 0.25) is 0 Å². The topological polar surface area (TPSA) is 20.3 Å². The van der Waals surface area contributed by atoms with Crippen LogP contribution >= 0.6 is 0 Å². The predicted molar refractivity (Wildman–Crippen MR) is 69.7 cm³/mol. The molecule has 1 saturated carbocycles. The summed E-state index contributed by atoms with van der Waals surface area (Å²) >= 11 is 0. The van der Waals surface area contributed by atoms with Gasteiger partial charge in [-0.05, 0) is 44.2 Å². The first kappa shape index (κ1) is 10.8. The van der Waals surface area contributed by atoms with Crippen LogP contribution in [0, 0.1) is 5.92 Å². The third kappa shape index (κ3) is 1.97. The molecule has 1 aromatic carbocycles. The number of rotatable bonds is 3. The number of benzene rings is 1. The zero-order chi connectivity index (χ0) is 11.8. The van der Waals surface area contributed by atoms with Gasteiger partial charge in [0, 0.05) is 30.3 Å². The number of carbonyl (C=O) groups excluding carboxylic acids is 1. The molecule has 2 aliphatic rings. The Bertz CT molecular complexity index is 448. The lowest BCUT2D eigenvalue weighted by molar-refractivity contribution is 0.0967. The first-order valence-corrected chi connectivity index (χ1v) is 6.71. The molecule has 2 nitrogen and oxygen atoms in total. The number of nitrogens with zero attached hydrogens (tertiary/aromatic N) is 1. The summed E-state index contributed by atoms with van der Waals surface area (Å²) in [4.78, 5) is 14.5. The minimum atomic E-state index is 0.326. The van der Waals surface area contributed by atoms with Gasteiger partial charge in [0.15, 0.2) is 5.78 Å². The van der Waals surface area contributed by atoms with Crippen molar-refractivity contribution >= 4 is 11.5 Å². The summed E-state index contributed by atoms with van der Waals surface area (Å²) in [5.41, 5.74) is 3.63. The predicted octanol–water partition coefficient (Wildman–Crippen LogP) is 3.05. The summed E-state index contributed by atoms with van der Waals surface area (Å²) in [5.74, 6) is 0.682. The van der Waals surface area contributed by atoms with Crippen LogP contribution in [-0.2, 0) is 6.42 Å². The molecule has 1 aliphatic carbocycles. The van der Waals surface area contributed by atoms with Crippen LogP contribution in [-0.4, -0.2) is 18.9 Å². The third-order valence-corrected chi connectivity index (χ3v) is 3.91. The molecule has 1 heterocycles. The molecule has 2 heteroatoms. The molecule has 90 valence electrons. The van der Waals surface area contributed by atoms with E-state index < -0.39 is 0 Å². The van der Waals surface area contributed by atoms with E-state index in [1.165, 1.54) is 17.7 Å². The number of carbonyl (C=O) groups is 1. The molecule has 0 saturated heterocycles. The Labute approximate surface area is 103 Å². The molecule has 17 heavy (non-hydrogen) atoms. The fourth-order valence-corrected chi connectivity index (χ4v) is 2.71. The van der Waals surface area contributed by atoms with E-state index in [0.717, 1.165) is 37.9 Å². The number of ketones is 1. The average molecular weight is 229 g/mol. The molecule has 1 aromatic rings. The van der Waals surface area contributed by atoms with Crippen LogP contribution in [0.5, 0.6) is 0 Å². The van der Waals surface area contributed by atoms with Crippen molar-refractivity contribution in [1.82, 2.24) is 0 Å². The number of hydrogen-bond donors (Lipinski definition) is 0. The van der Waals surface area contributed by atoms with Crippen LogP contribution < -0.4 is 4.90 Å². The van der Waals surface area contributed by atoms with Gasteiger partial charge in [0.1, 0.15) is 0 Å². The molecule has 0 bridgehead atoms. The maximum absolute atomic E-state index is 12.1. The Morgan fingerprint density at radius 2 is 2.24 bits per heavy atom. The second-order valence-electron chi connectivity index (χ2n) is 5.17. The van der Waals surface area contributed by atoms with E-state index in [4.69, 9.17) is 0 Å². The van der Waals surface area contributed by atoms with Crippen molar-refractivity contribution in [1.29, 1.82) is 0 Å². The highest BCUT2D eigenvalue weighted by molar-refractivity contribution is 6.00. The smallest absolute Gasteiger partial charge is 0.166 e. The van der Waals surface area contributed by atoms with Crippen molar-refractivity contribution in [3.8, 4) is 0 Å². The maximum Gasteiger partial charge on any atom is 0.166 e. The summed E-state index contributed by atoms with van der Waals surface area (Å²) in [5, 5.41) is 0. The quantitative estimate of drug-likeness (QED) is 0.742. The van der Waals surface area contributed by atoms with E-state index in [1.54, 1.807) is 0 Å². The summed E-state index contributed by atoms with van der Waals surface area (Å²) in [6, 6.07) is 6.31. The molecular weight excluding hydrogens is 210 g/mol. The average Bonchev–Trinajstić information content (AvgIpc) is 3.20. The van der Waals surface area contributed by atoms with Gasteiger partial charge in [0.05, 0.1) is 0 Å². The Hall–Kier alpha value is -1.31. The Balaban J connectivity index is 1.95. The summed E-state index contributed by atoms with van der Waals surface area (Å²) in [6.07, 6.45) is 4.57. The van der Waals surface area contributed by atoms with Gasteiger partial charge >= 0.3 is 0 Å². The van der Waals surface area contributed by atoms with Crippen LogP contribution in [0.1, 0.15) is 42.1 Å². The number of anilines is 1. The van der Waals surface area contributed by atoms with E-state index in [9.17, 15) is 4.79 Å². The highest BCUT2D eigenvalue weighted by Crippen LogP contribution is 2.35. The maximum atomic E-state index is 12.1. The first-order valence-electron chi connectivity index (χ1n) is 6.71. The van der Waals surface area contributed by atoms with Gasteiger partial charge in [-0.2, -0.15) is 0 Å². The second-order valence-corrected chi connectivity index (χ2v) is 5.17. The normalized spacial score (nSPS) is 19.0. The highest BCUT2D eigenvalue weighted by atomic mass is 16.1. The lowest BCUT2D eigenvalue weighted by Gasteiger charge is -2.30. The second kappa shape index (κ2) is 4.17. The van der Waals surface area contributed by atoms with Crippen molar-refractivity contribution in [2.45, 2.75) is 32.6 Å². The van der Waals surface area contributed by atoms with Crippen LogP contribution in [0.25, 0.3) is 0 Å². The van der Waals surface area contributed by atoms with E-state index in [2.05, 4.69) is 24.0 Å². The fourth-order valence-electron chi connectivity index (χ4n) is 2.71. The summed E-state index contributed by atoms with van der Waals surface area (Å²) in [6.45, 7) is 4.35. The monoisotopic (exact) mass is 229 g/mol. The first-order chi connectivity index (χ1) is 8.29. The molecule has 0 aromatic heterocycles. The molecule has 0 amide bonds. The summed E-state index contributed by atoms with van der Waals surface area (Å²) in [7, 11) is 0. The minimum Gasteiger partial charge on any atom is -0.372 e. The van der Waals surface area contributed by atoms with Gasteiger partial charge in [0.2, 0.25) is 0 Å². The van der Waals surface area contributed by atoms with Gasteiger partial charge in [-0.1, -0.05) is 12.1 Å². The Morgan fingerprint density at radius 1 is 1.41 bits per heavy atom. The van der Waals surface area contributed by atoms with Gasteiger partial charge < -0.3 is 4.90 Å². The van der Waals surface area contributed by atoms with Gasteiger partial charge in [-0.3, -0.25) is 4.79 Å². The zero-order valence-electron chi connectivity index (χ0n) is 10.4.